The highest BCUT2D eigenvalue weighted by Crippen LogP contribution is 2.22. The number of anilines is 1. The van der Waals surface area contributed by atoms with Crippen molar-refractivity contribution in [3.8, 4) is 0 Å². The first-order chi connectivity index (χ1) is 9.11. The third-order valence-corrected chi connectivity index (χ3v) is 2.83. The monoisotopic (exact) mass is 304 g/mol. The van der Waals surface area contributed by atoms with Gasteiger partial charge in [0.05, 0.1) is 0 Å². The minimum atomic E-state index is 0.0109. The zero-order valence-electron chi connectivity index (χ0n) is 10.8. The second-order valence-electron chi connectivity index (χ2n) is 4.03. The van der Waals surface area contributed by atoms with Gasteiger partial charge in [0.2, 0.25) is 5.91 Å². The molecule has 0 aliphatic heterocycles. The summed E-state index contributed by atoms with van der Waals surface area (Å²) in [7, 11) is 1.64. The Morgan fingerprint density at radius 2 is 1.89 bits per heavy atom. The Morgan fingerprint density at radius 3 is 2.53 bits per heavy atom. The predicted molar refractivity (Wildman–Crippen MR) is 79.1 cm³/mol. The van der Waals surface area contributed by atoms with Crippen LogP contribution >= 0.6 is 23.2 Å². The van der Waals surface area contributed by atoms with Gasteiger partial charge in [-0.05, 0) is 24.6 Å². The average molecular weight is 305 g/mol. The van der Waals surface area contributed by atoms with Crippen molar-refractivity contribution in [3.63, 3.8) is 0 Å². The average Bonchev–Trinajstić information content (AvgIpc) is 2.33. The number of hydrogen-bond donors (Lipinski definition) is 2. The summed E-state index contributed by atoms with van der Waals surface area (Å²) in [5.74, 6) is 0.0109. The first-order valence-corrected chi connectivity index (χ1v) is 6.83. The molecule has 2 N–H and O–H groups in total. The number of rotatable bonds is 8. The van der Waals surface area contributed by atoms with Gasteiger partial charge in [-0.15, -0.1) is 0 Å². The van der Waals surface area contributed by atoms with E-state index in [1.807, 2.05) is 0 Å². The highest BCUT2D eigenvalue weighted by atomic mass is 35.5. The Kier molecular flexibility index (Phi) is 7.63. The lowest BCUT2D eigenvalue weighted by Gasteiger charge is -2.08. The van der Waals surface area contributed by atoms with E-state index in [0.717, 1.165) is 12.1 Å². The van der Waals surface area contributed by atoms with Crippen molar-refractivity contribution in [2.24, 2.45) is 0 Å². The number of carbonyl (C=O) groups excluding carboxylic acids is 1. The topological polar surface area (TPSA) is 50.4 Å². The molecule has 1 aromatic carbocycles. The molecule has 106 valence electrons. The summed E-state index contributed by atoms with van der Waals surface area (Å²) in [5, 5.41) is 7.06. The molecule has 6 heteroatoms. The third kappa shape index (κ3) is 7.25. The zero-order chi connectivity index (χ0) is 14.1. The van der Waals surface area contributed by atoms with E-state index >= 15 is 0 Å². The number of halogens is 2. The first-order valence-electron chi connectivity index (χ1n) is 6.07. The molecule has 1 amide bonds. The van der Waals surface area contributed by atoms with Gasteiger partial charge in [-0.2, -0.15) is 0 Å². The summed E-state index contributed by atoms with van der Waals surface area (Å²) < 4.78 is 4.90. The van der Waals surface area contributed by atoms with Gasteiger partial charge in [0, 0.05) is 49.0 Å². The molecule has 0 aromatic heterocycles. The van der Waals surface area contributed by atoms with Crippen LogP contribution in [0.5, 0.6) is 0 Å². The van der Waals surface area contributed by atoms with Crippen molar-refractivity contribution in [1.29, 1.82) is 0 Å². The molecule has 19 heavy (non-hydrogen) atoms. The summed E-state index contributed by atoms with van der Waals surface area (Å²) in [6.45, 7) is 1.82. The molecule has 0 bridgehead atoms. The van der Waals surface area contributed by atoms with Crippen LogP contribution in [0.3, 0.4) is 0 Å². The summed E-state index contributed by atoms with van der Waals surface area (Å²) in [4.78, 5) is 11.5. The second-order valence-corrected chi connectivity index (χ2v) is 4.90. The lowest BCUT2D eigenvalue weighted by Crippen LogP contribution is -2.26. The van der Waals surface area contributed by atoms with Crippen LogP contribution in [-0.2, 0) is 9.53 Å². The smallest absolute Gasteiger partial charge is 0.221 e. The standard InChI is InChI=1S/C13H18Cl2N2O2/c1-19-6-2-4-17-13(18)3-5-16-12-8-10(14)7-11(15)9-12/h7-9,16H,2-6H2,1H3,(H,17,18). The fourth-order valence-corrected chi connectivity index (χ4v) is 2.04. The van der Waals surface area contributed by atoms with Crippen molar-refractivity contribution in [1.82, 2.24) is 5.32 Å². The highest BCUT2D eigenvalue weighted by molar-refractivity contribution is 6.35. The van der Waals surface area contributed by atoms with Gasteiger partial charge in [-0.25, -0.2) is 0 Å². The highest BCUT2D eigenvalue weighted by Gasteiger charge is 2.01. The van der Waals surface area contributed by atoms with Gasteiger partial charge < -0.3 is 15.4 Å². The maximum absolute atomic E-state index is 11.5. The maximum Gasteiger partial charge on any atom is 0.221 e. The van der Waals surface area contributed by atoms with Gasteiger partial charge in [-0.3, -0.25) is 4.79 Å². The van der Waals surface area contributed by atoms with Crippen LogP contribution < -0.4 is 10.6 Å². The van der Waals surface area contributed by atoms with Crippen molar-refractivity contribution in [2.45, 2.75) is 12.8 Å². The predicted octanol–water partition coefficient (Wildman–Crippen LogP) is 2.95. The van der Waals surface area contributed by atoms with E-state index in [2.05, 4.69) is 10.6 Å². The van der Waals surface area contributed by atoms with Crippen LogP contribution in [0.2, 0.25) is 10.0 Å². The number of benzene rings is 1. The van der Waals surface area contributed by atoms with Crippen LogP contribution in [-0.4, -0.2) is 32.7 Å². The van der Waals surface area contributed by atoms with Gasteiger partial charge in [0.25, 0.3) is 0 Å². The molecular weight excluding hydrogens is 287 g/mol. The third-order valence-electron chi connectivity index (χ3n) is 2.39. The summed E-state index contributed by atoms with van der Waals surface area (Å²) in [5.41, 5.74) is 0.810. The normalized spacial score (nSPS) is 10.3. The second kappa shape index (κ2) is 9.02. The largest absolute Gasteiger partial charge is 0.385 e. The van der Waals surface area contributed by atoms with Crippen molar-refractivity contribution in [2.75, 3.05) is 32.1 Å². The number of carbonyl (C=O) groups is 1. The first kappa shape index (κ1) is 16.1. The molecule has 0 fully saturated rings. The quantitative estimate of drug-likeness (QED) is 0.726. The zero-order valence-corrected chi connectivity index (χ0v) is 12.4. The lowest BCUT2D eigenvalue weighted by atomic mass is 10.3. The number of methoxy groups -OCH3 is 1. The fourth-order valence-electron chi connectivity index (χ4n) is 1.51. The minimum absolute atomic E-state index is 0.0109. The molecule has 0 aliphatic rings. The van der Waals surface area contributed by atoms with E-state index in [1.54, 1.807) is 25.3 Å². The molecule has 0 radical (unpaired) electrons. The lowest BCUT2D eigenvalue weighted by molar-refractivity contribution is -0.120. The molecule has 0 aliphatic carbocycles. The van der Waals surface area contributed by atoms with Crippen molar-refractivity contribution >= 4 is 34.8 Å². The molecule has 0 spiro atoms. The van der Waals surface area contributed by atoms with Crippen LogP contribution in [0.25, 0.3) is 0 Å². The van der Waals surface area contributed by atoms with E-state index in [1.165, 1.54) is 0 Å². The Bertz CT molecular complexity index is 393. The summed E-state index contributed by atoms with van der Waals surface area (Å²) >= 11 is 11.7. The Labute approximate surface area is 123 Å². The van der Waals surface area contributed by atoms with E-state index in [4.69, 9.17) is 27.9 Å². The van der Waals surface area contributed by atoms with Crippen molar-refractivity contribution in [3.05, 3.63) is 28.2 Å². The Balaban J connectivity index is 2.20. The van der Waals surface area contributed by atoms with Gasteiger partial charge in [0.1, 0.15) is 0 Å². The van der Waals surface area contributed by atoms with Crippen LogP contribution in [0.1, 0.15) is 12.8 Å². The number of amides is 1. The van der Waals surface area contributed by atoms with E-state index in [9.17, 15) is 4.79 Å². The Morgan fingerprint density at radius 1 is 1.21 bits per heavy atom. The van der Waals surface area contributed by atoms with E-state index < -0.39 is 0 Å². The van der Waals surface area contributed by atoms with Crippen LogP contribution in [0.4, 0.5) is 5.69 Å². The number of ether oxygens (including phenoxy) is 1. The molecule has 1 aromatic rings. The number of hydrogen-bond acceptors (Lipinski definition) is 3. The van der Waals surface area contributed by atoms with Gasteiger partial charge in [0.15, 0.2) is 0 Å². The van der Waals surface area contributed by atoms with Crippen LogP contribution in [0.15, 0.2) is 18.2 Å². The van der Waals surface area contributed by atoms with E-state index in [0.29, 0.717) is 36.2 Å². The van der Waals surface area contributed by atoms with Crippen molar-refractivity contribution < 1.29 is 9.53 Å². The fraction of sp³-hybridized carbons (Fsp3) is 0.462. The molecule has 0 atom stereocenters. The van der Waals surface area contributed by atoms with Gasteiger partial charge in [-0.1, -0.05) is 23.2 Å². The molecule has 0 heterocycles. The minimum Gasteiger partial charge on any atom is -0.385 e. The summed E-state index contributed by atoms with van der Waals surface area (Å²) in [6.07, 6.45) is 1.22. The Hall–Kier alpha value is -0.970. The van der Waals surface area contributed by atoms with Gasteiger partial charge >= 0.3 is 0 Å². The molecular formula is C13H18Cl2N2O2. The SMILES string of the molecule is COCCCNC(=O)CCNc1cc(Cl)cc(Cl)c1. The summed E-state index contributed by atoms with van der Waals surface area (Å²) in [6, 6.07) is 5.20. The molecule has 0 unspecified atom stereocenters. The van der Waals surface area contributed by atoms with Crippen LogP contribution in [0, 0.1) is 0 Å². The number of nitrogens with one attached hydrogen (secondary N) is 2. The molecule has 1 rings (SSSR count). The molecule has 4 nitrogen and oxygen atoms in total. The molecule has 0 saturated carbocycles. The maximum atomic E-state index is 11.5. The van der Waals surface area contributed by atoms with E-state index in [-0.39, 0.29) is 5.91 Å². The molecule has 0 saturated heterocycles.